The number of hydrogen-bond acceptors (Lipinski definition) is 5. The van der Waals surface area contributed by atoms with E-state index in [9.17, 15) is 0 Å². The molecule has 1 aromatic heterocycles. The summed E-state index contributed by atoms with van der Waals surface area (Å²) in [5.41, 5.74) is 0.339. The third-order valence-corrected chi connectivity index (χ3v) is 4.89. The Balaban J connectivity index is 1.65. The molecule has 1 aliphatic heterocycles. The molecule has 0 bridgehead atoms. The molecule has 0 radical (unpaired) electrons. The summed E-state index contributed by atoms with van der Waals surface area (Å²) in [4.78, 5) is 13.4. The van der Waals surface area contributed by atoms with Crippen LogP contribution in [0, 0.1) is 0 Å². The number of nitrogens with zero attached hydrogens (tertiary/aromatic N) is 4. The molecule has 0 unspecified atom stereocenters. The summed E-state index contributed by atoms with van der Waals surface area (Å²) in [6, 6.07) is 1.95. The van der Waals surface area contributed by atoms with Crippen molar-refractivity contribution >= 4 is 5.82 Å². The number of nitrogens with one attached hydrogen (secondary N) is 1. The zero-order valence-electron chi connectivity index (χ0n) is 12.4. The van der Waals surface area contributed by atoms with Crippen LogP contribution in [0.3, 0.4) is 0 Å². The maximum Gasteiger partial charge on any atom is 0.129 e. The van der Waals surface area contributed by atoms with Gasteiger partial charge in [-0.25, -0.2) is 9.97 Å². The Hall–Kier alpha value is -1.20. The van der Waals surface area contributed by atoms with Gasteiger partial charge in [-0.2, -0.15) is 0 Å². The first-order chi connectivity index (χ1) is 9.78. The Morgan fingerprint density at radius 3 is 2.60 bits per heavy atom. The van der Waals surface area contributed by atoms with Crippen molar-refractivity contribution in [2.75, 3.05) is 45.1 Å². The zero-order chi connectivity index (χ0) is 13.8. The Bertz CT molecular complexity index is 408. The Kier molecular flexibility index (Phi) is 4.17. The molecule has 1 N–H and O–H groups in total. The second-order valence-corrected chi connectivity index (χ2v) is 6.17. The van der Waals surface area contributed by atoms with Crippen molar-refractivity contribution in [3.63, 3.8) is 0 Å². The second-order valence-electron chi connectivity index (χ2n) is 6.17. The highest BCUT2D eigenvalue weighted by molar-refractivity contribution is 5.32. The number of rotatable bonds is 4. The van der Waals surface area contributed by atoms with Gasteiger partial charge >= 0.3 is 0 Å². The molecule has 0 atom stereocenters. The summed E-state index contributed by atoms with van der Waals surface area (Å²) in [7, 11) is 2.22. The number of anilines is 1. The first kappa shape index (κ1) is 13.8. The van der Waals surface area contributed by atoms with Gasteiger partial charge in [0.25, 0.3) is 0 Å². The van der Waals surface area contributed by atoms with Gasteiger partial charge in [-0.15, -0.1) is 0 Å². The number of likely N-dealkylation sites (N-methyl/N-ethyl adjacent to an activating group) is 1. The van der Waals surface area contributed by atoms with Crippen molar-refractivity contribution in [2.24, 2.45) is 0 Å². The van der Waals surface area contributed by atoms with Crippen LogP contribution in [0.4, 0.5) is 5.82 Å². The van der Waals surface area contributed by atoms with Gasteiger partial charge < -0.3 is 10.2 Å². The highest BCUT2D eigenvalue weighted by Gasteiger charge is 2.40. The maximum absolute atomic E-state index is 4.28. The van der Waals surface area contributed by atoms with Crippen LogP contribution >= 0.6 is 0 Å². The normalized spacial score (nSPS) is 23.9. The van der Waals surface area contributed by atoms with E-state index in [1.165, 1.54) is 51.9 Å². The lowest BCUT2D eigenvalue weighted by atomic mass is 9.94. The largest absolute Gasteiger partial charge is 0.368 e. The SMILES string of the molecule is CN1CCN(C2(CNc3ccncn3)CCCC2)CC1. The molecule has 2 fully saturated rings. The number of piperazine rings is 1. The van der Waals surface area contributed by atoms with E-state index in [0.717, 1.165) is 12.4 Å². The second kappa shape index (κ2) is 6.06. The minimum atomic E-state index is 0.339. The average molecular weight is 275 g/mol. The standard InChI is InChI=1S/C15H25N5/c1-19-8-10-20(11-9-19)15(5-2-3-6-15)12-17-14-4-7-16-13-18-14/h4,7,13H,2-3,5-6,8-12H2,1H3,(H,16,17,18). The smallest absolute Gasteiger partial charge is 0.129 e. The minimum absolute atomic E-state index is 0.339. The molecule has 3 rings (SSSR count). The summed E-state index contributed by atoms with van der Waals surface area (Å²) in [5, 5.41) is 3.53. The summed E-state index contributed by atoms with van der Waals surface area (Å²) in [6.45, 7) is 5.78. The third kappa shape index (κ3) is 2.94. The molecule has 1 saturated heterocycles. The lowest BCUT2D eigenvalue weighted by molar-refractivity contribution is 0.0510. The first-order valence-corrected chi connectivity index (χ1v) is 7.72. The average Bonchev–Trinajstić information content (AvgIpc) is 2.97. The van der Waals surface area contributed by atoms with Gasteiger partial charge in [0.2, 0.25) is 0 Å². The molecule has 110 valence electrons. The lowest BCUT2D eigenvalue weighted by Crippen LogP contribution is -2.58. The molecule has 5 heteroatoms. The lowest BCUT2D eigenvalue weighted by Gasteiger charge is -2.45. The Morgan fingerprint density at radius 1 is 1.20 bits per heavy atom. The monoisotopic (exact) mass is 275 g/mol. The fraction of sp³-hybridized carbons (Fsp3) is 0.733. The summed E-state index contributed by atoms with van der Waals surface area (Å²) in [5.74, 6) is 0.945. The van der Waals surface area contributed by atoms with Crippen LogP contribution in [-0.4, -0.2) is 65.1 Å². The van der Waals surface area contributed by atoms with E-state index in [1.54, 1.807) is 12.5 Å². The predicted octanol–water partition coefficient (Wildman–Crippen LogP) is 1.45. The van der Waals surface area contributed by atoms with E-state index in [1.807, 2.05) is 6.07 Å². The van der Waals surface area contributed by atoms with Crippen molar-refractivity contribution in [1.82, 2.24) is 19.8 Å². The van der Waals surface area contributed by atoms with Gasteiger partial charge in [0.05, 0.1) is 0 Å². The van der Waals surface area contributed by atoms with Crippen LogP contribution in [0.2, 0.25) is 0 Å². The van der Waals surface area contributed by atoms with E-state index < -0.39 is 0 Å². The van der Waals surface area contributed by atoms with Gasteiger partial charge in [-0.05, 0) is 26.0 Å². The molecule has 1 saturated carbocycles. The third-order valence-electron chi connectivity index (χ3n) is 4.89. The van der Waals surface area contributed by atoms with Gasteiger partial charge in [0.1, 0.15) is 12.1 Å². The van der Waals surface area contributed by atoms with Crippen molar-refractivity contribution in [3.8, 4) is 0 Å². The molecule has 5 nitrogen and oxygen atoms in total. The molecule has 0 spiro atoms. The molecular formula is C15H25N5. The quantitative estimate of drug-likeness (QED) is 0.901. The van der Waals surface area contributed by atoms with Crippen LogP contribution in [0.1, 0.15) is 25.7 Å². The highest BCUT2D eigenvalue weighted by atomic mass is 15.3. The molecule has 2 aliphatic rings. The van der Waals surface area contributed by atoms with Gasteiger partial charge in [0, 0.05) is 44.5 Å². The highest BCUT2D eigenvalue weighted by Crippen LogP contribution is 2.36. The van der Waals surface area contributed by atoms with E-state index in [4.69, 9.17) is 0 Å². The van der Waals surface area contributed by atoms with Gasteiger partial charge in [-0.3, -0.25) is 4.90 Å². The molecular weight excluding hydrogens is 250 g/mol. The van der Waals surface area contributed by atoms with E-state index in [2.05, 4.69) is 32.1 Å². The molecule has 1 aromatic rings. The Labute approximate surface area is 121 Å². The number of hydrogen-bond donors (Lipinski definition) is 1. The maximum atomic E-state index is 4.28. The fourth-order valence-corrected chi connectivity index (χ4v) is 3.57. The Morgan fingerprint density at radius 2 is 1.95 bits per heavy atom. The van der Waals surface area contributed by atoms with Gasteiger partial charge in [-0.1, -0.05) is 12.8 Å². The van der Waals surface area contributed by atoms with Crippen molar-refractivity contribution in [1.29, 1.82) is 0 Å². The van der Waals surface area contributed by atoms with Crippen LogP contribution in [0.15, 0.2) is 18.6 Å². The first-order valence-electron chi connectivity index (χ1n) is 7.72. The summed E-state index contributed by atoms with van der Waals surface area (Å²) >= 11 is 0. The number of aromatic nitrogens is 2. The summed E-state index contributed by atoms with van der Waals surface area (Å²) in [6.07, 6.45) is 8.76. The van der Waals surface area contributed by atoms with Crippen LogP contribution in [0.25, 0.3) is 0 Å². The summed E-state index contributed by atoms with van der Waals surface area (Å²) < 4.78 is 0. The predicted molar refractivity (Wildman–Crippen MR) is 80.8 cm³/mol. The molecule has 2 heterocycles. The van der Waals surface area contributed by atoms with Gasteiger partial charge in [0.15, 0.2) is 0 Å². The van der Waals surface area contributed by atoms with Crippen molar-refractivity contribution in [2.45, 2.75) is 31.2 Å². The van der Waals surface area contributed by atoms with Crippen LogP contribution < -0.4 is 5.32 Å². The van der Waals surface area contributed by atoms with Crippen molar-refractivity contribution < 1.29 is 0 Å². The molecule has 1 aliphatic carbocycles. The van der Waals surface area contributed by atoms with E-state index in [0.29, 0.717) is 5.54 Å². The zero-order valence-corrected chi connectivity index (χ0v) is 12.4. The molecule has 0 amide bonds. The van der Waals surface area contributed by atoms with Crippen LogP contribution in [-0.2, 0) is 0 Å². The topological polar surface area (TPSA) is 44.3 Å². The van der Waals surface area contributed by atoms with E-state index >= 15 is 0 Å². The van der Waals surface area contributed by atoms with E-state index in [-0.39, 0.29) is 0 Å². The van der Waals surface area contributed by atoms with Crippen molar-refractivity contribution in [3.05, 3.63) is 18.6 Å². The minimum Gasteiger partial charge on any atom is -0.368 e. The van der Waals surface area contributed by atoms with Crippen LogP contribution in [0.5, 0.6) is 0 Å². The molecule has 0 aromatic carbocycles. The molecule has 20 heavy (non-hydrogen) atoms. The fourth-order valence-electron chi connectivity index (χ4n) is 3.57.